The molecule has 36 heavy (non-hydrogen) atoms. The van der Waals surface area contributed by atoms with Gasteiger partial charge in [0.15, 0.2) is 0 Å². The molecule has 2 aromatic carbocycles. The third kappa shape index (κ3) is 3.63. The van der Waals surface area contributed by atoms with Gasteiger partial charge in [-0.05, 0) is 86.0 Å². The number of benzene rings is 2. The number of carbonyl (C=O) groups is 2. The molecule has 2 aromatic rings. The summed E-state index contributed by atoms with van der Waals surface area (Å²) in [7, 11) is 0. The summed E-state index contributed by atoms with van der Waals surface area (Å²) < 4.78 is 0. The maximum atomic E-state index is 14.0. The van der Waals surface area contributed by atoms with Gasteiger partial charge < -0.3 is 10.2 Å². The van der Waals surface area contributed by atoms with Gasteiger partial charge in [0.1, 0.15) is 5.57 Å². The van der Waals surface area contributed by atoms with E-state index in [0.717, 1.165) is 30.9 Å². The van der Waals surface area contributed by atoms with Gasteiger partial charge in [-0.3, -0.25) is 9.59 Å². The van der Waals surface area contributed by atoms with Crippen LogP contribution in [-0.2, 0) is 9.59 Å². The summed E-state index contributed by atoms with van der Waals surface area (Å²) in [5, 5.41) is 3.39. The van der Waals surface area contributed by atoms with E-state index < -0.39 is 0 Å². The number of hydrogen-bond donors (Lipinski definition) is 1. The van der Waals surface area contributed by atoms with Gasteiger partial charge in [0.2, 0.25) is 0 Å². The fourth-order valence-electron chi connectivity index (χ4n) is 8.42. The normalized spacial score (nSPS) is 35.4. The molecule has 1 heterocycles. The topological polar surface area (TPSA) is 49.4 Å². The molecule has 4 nitrogen and oxygen atoms in total. The lowest BCUT2D eigenvalue weighted by Crippen LogP contribution is -2.62. The van der Waals surface area contributed by atoms with Crippen LogP contribution in [0.3, 0.4) is 0 Å². The molecule has 6 rings (SSSR count). The second-order valence-corrected chi connectivity index (χ2v) is 12.3. The molecule has 5 heteroatoms. The molecule has 1 aliphatic heterocycles. The first kappa shape index (κ1) is 23.8. The quantitative estimate of drug-likeness (QED) is 0.449. The number of fused-ring (bicyclic) bond motifs is 5. The number of nitrogens with one attached hydrogen (secondary N) is 1. The monoisotopic (exact) mass is 502 g/mol. The molecular formula is C31H35ClN2O2. The number of rotatable bonds is 3. The molecule has 1 N–H and O–H groups in total. The largest absolute Gasteiger partial charge is 0.320 e. The van der Waals surface area contributed by atoms with Gasteiger partial charge in [-0.1, -0.05) is 68.3 Å². The Kier molecular flexibility index (Phi) is 5.79. The Balaban J connectivity index is 1.43. The highest BCUT2D eigenvalue weighted by Crippen LogP contribution is 2.64. The minimum atomic E-state index is -0.377. The Hall–Kier alpha value is -2.59. The van der Waals surface area contributed by atoms with Crippen LogP contribution >= 0.6 is 11.6 Å². The van der Waals surface area contributed by atoms with Gasteiger partial charge in [0.05, 0.1) is 10.7 Å². The molecule has 0 bridgehead atoms. The summed E-state index contributed by atoms with van der Waals surface area (Å²) in [5.74, 6) is 1.29. The van der Waals surface area contributed by atoms with Crippen LogP contribution in [0.25, 0.3) is 0 Å². The maximum Gasteiger partial charge on any atom is 0.263 e. The zero-order chi connectivity index (χ0) is 25.1. The number of halogens is 1. The Labute approximate surface area is 219 Å². The zero-order valence-corrected chi connectivity index (χ0v) is 21.9. The fraction of sp³-hybridized carbons (Fsp3) is 0.484. The van der Waals surface area contributed by atoms with Crippen molar-refractivity contribution in [2.75, 3.05) is 10.2 Å². The van der Waals surface area contributed by atoms with E-state index in [0.29, 0.717) is 28.0 Å². The van der Waals surface area contributed by atoms with E-state index in [1.807, 2.05) is 47.4 Å². The molecule has 3 saturated carbocycles. The van der Waals surface area contributed by atoms with E-state index >= 15 is 0 Å². The zero-order valence-electron chi connectivity index (χ0n) is 21.2. The molecule has 0 aromatic heterocycles. The van der Waals surface area contributed by atoms with E-state index in [9.17, 15) is 9.59 Å². The van der Waals surface area contributed by atoms with Crippen LogP contribution in [0.2, 0.25) is 5.02 Å². The third-order valence-corrected chi connectivity index (χ3v) is 10.5. The molecule has 0 spiro atoms. The van der Waals surface area contributed by atoms with Crippen LogP contribution in [0.5, 0.6) is 0 Å². The van der Waals surface area contributed by atoms with Crippen molar-refractivity contribution in [2.45, 2.75) is 64.8 Å². The minimum Gasteiger partial charge on any atom is -0.320 e. The number of nitrogens with zero attached hydrogens (tertiary/aromatic N) is 1. The van der Waals surface area contributed by atoms with E-state index in [-0.39, 0.29) is 28.8 Å². The predicted octanol–water partition coefficient (Wildman–Crippen LogP) is 7.25. The van der Waals surface area contributed by atoms with E-state index in [4.69, 9.17) is 11.6 Å². The molecule has 0 radical (unpaired) electrons. The van der Waals surface area contributed by atoms with Crippen molar-refractivity contribution < 1.29 is 9.59 Å². The van der Waals surface area contributed by atoms with E-state index in [1.54, 1.807) is 12.1 Å². The molecule has 3 aliphatic carbocycles. The first-order valence-corrected chi connectivity index (χ1v) is 13.9. The van der Waals surface area contributed by atoms with Gasteiger partial charge in [-0.25, -0.2) is 0 Å². The molecule has 6 atom stereocenters. The first-order valence-electron chi connectivity index (χ1n) is 13.5. The number of anilines is 2. The molecule has 1 unspecified atom stereocenters. The summed E-state index contributed by atoms with van der Waals surface area (Å²) in [5.41, 5.74) is 1.83. The second-order valence-electron chi connectivity index (χ2n) is 11.9. The van der Waals surface area contributed by atoms with Crippen LogP contribution in [0, 0.1) is 28.6 Å². The minimum absolute atomic E-state index is 0.0521. The number of para-hydroxylation sites is 2. The molecule has 188 valence electrons. The SMILES string of the molecule is C[C@@]12CCC[C@H]1[C@@H]1CCC3N(c4ccccc4)C(=O)C(C(=O)Nc4ccccc4Cl)=C[C@]3(C)[C@@H]1CC2. The average Bonchev–Trinajstić information content (AvgIpc) is 3.28. The van der Waals surface area contributed by atoms with Crippen molar-refractivity contribution in [3.63, 3.8) is 0 Å². The number of amides is 2. The Morgan fingerprint density at radius 2 is 1.69 bits per heavy atom. The van der Waals surface area contributed by atoms with Crippen molar-refractivity contribution in [2.24, 2.45) is 28.6 Å². The van der Waals surface area contributed by atoms with Crippen LogP contribution in [0.1, 0.15) is 58.8 Å². The van der Waals surface area contributed by atoms with Gasteiger partial charge in [0.25, 0.3) is 11.8 Å². The Morgan fingerprint density at radius 3 is 2.47 bits per heavy atom. The standard InChI is InChI=1S/C31H35ClN2O2/c1-30-17-8-11-23(30)21-14-15-27-31(2,24(21)16-18-30)19-22(28(35)33-26-13-7-6-12-25(26)32)29(36)34(27)20-9-4-3-5-10-20/h3-7,9-10,12-13,19,21,23-24,27H,8,11,14-18H2,1-2H3,(H,33,35)/t21-,23-,24+,27?,30-,31+/m0/s1. The first-order chi connectivity index (χ1) is 17.3. The van der Waals surface area contributed by atoms with Crippen molar-refractivity contribution in [3.05, 3.63) is 71.3 Å². The predicted molar refractivity (Wildman–Crippen MR) is 145 cm³/mol. The summed E-state index contributed by atoms with van der Waals surface area (Å²) in [6.07, 6.45) is 10.6. The second kappa shape index (κ2) is 8.76. The van der Waals surface area contributed by atoms with Crippen LogP contribution in [-0.4, -0.2) is 17.9 Å². The van der Waals surface area contributed by atoms with Crippen LogP contribution < -0.4 is 10.2 Å². The molecule has 3 fully saturated rings. The van der Waals surface area contributed by atoms with Crippen LogP contribution in [0.15, 0.2) is 66.2 Å². The van der Waals surface area contributed by atoms with Gasteiger partial charge in [-0.15, -0.1) is 0 Å². The molecular weight excluding hydrogens is 468 g/mol. The maximum absolute atomic E-state index is 14.0. The molecule has 2 amide bonds. The van der Waals surface area contributed by atoms with Crippen molar-refractivity contribution in [3.8, 4) is 0 Å². The molecule has 4 aliphatic rings. The fourth-order valence-corrected chi connectivity index (χ4v) is 8.60. The average molecular weight is 503 g/mol. The summed E-state index contributed by atoms with van der Waals surface area (Å²) in [6.45, 7) is 4.82. The lowest BCUT2D eigenvalue weighted by Gasteiger charge is -2.60. The third-order valence-electron chi connectivity index (χ3n) is 10.1. The highest BCUT2D eigenvalue weighted by Gasteiger charge is 2.59. The van der Waals surface area contributed by atoms with E-state index in [2.05, 4.69) is 25.2 Å². The van der Waals surface area contributed by atoms with Gasteiger partial charge >= 0.3 is 0 Å². The number of hydrogen-bond acceptors (Lipinski definition) is 2. The molecule has 0 saturated heterocycles. The van der Waals surface area contributed by atoms with Crippen molar-refractivity contribution in [1.82, 2.24) is 0 Å². The smallest absolute Gasteiger partial charge is 0.263 e. The Bertz CT molecular complexity index is 1230. The lowest BCUT2D eigenvalue weighted by atomic mass is 9.48. The number of carbonyl (C=O) groups excluding carboxylic acids is 2. The summed E-state index contributed by atoms with van der Waals surface area (Å²) in [6, 6.07) is 17.1. The van der Waals surface area contributed by atoms with Crippen LogP contribution in [0.4, 0.5) is 11.4 Å². The van der Waals surface area contributed by atoms with Gasteiger partial charge in [0, 0.05) is 17.1 Å². The van der Waals surface area contributed by atoms with Gasteiger partial charge in [-0.2, -0.15) is 0 Å². The summed E-state index contributed by atoms with van der Waals surface area (Å²) >= 11 is 6.33. The summed E-state index contributed by atoms with van der Waals surface area (Å²) in [4.78, 5) is 29.6. The highest BCUT2D eigenvalue weighted by atomic mass is 35.5. The Morgan fingerprint density at radius 1 is 0.944 bits per heavy atom. The highest BCUT2D eigenvalue weighted by molar-refractivity contribution is 6.35. The van der Waals surface area contributed by atoms with Crippen molar-refractivity contribution in [1.29, 1.82) is 0 Å². The van der Waals surface area contributed by atoms with E-state index in [1.165, 1.54) is 25.7 Å². The lowest BCUT2D eigenvalue weighted by molar-refractivity contribution is -0.123. The van der Waals surface area contributed by atoms with Crippen molar-refractivity contribution >= 4 is 34.8 Å².